The lowest BCUT2D eigenvalue weighted by Gasteiger charge is -2.17. The third-order valence-corrected chi connectivity index (χ3v) is 3.50. The van der Waals surface area contributed by atoms with Crippen molar-refractivity contribution in [1.82, 2.24) is 15.0 Å². The molecule has 0 fully saturated rings. The molecule has 0 radical (unpaired) electrons. The van der Waals surface area contributed by atoms with Gasteiger partial charge in [-0.2, -0.15) is 28.1 Å². The van der Waals surface area contributed by atoms with Gasteiger partial charge in [-0.1, -0.05) is 6.08 Å². The Morgan fingerprint density at radius 2 is 1.81 bits per heavy atom. The molecule has 0 saturated heterocycles. The lowest BCUT2D eigenvalue weighted by atomic mass is 9.97. The summed E-state index contributed by atoms with van der Waals surface area (Å²) in [6.45, 7) is 4.79. The molecule has 6 nitrogen and oxygen atoms in total. The Kier molecular flexibility index (Phi) is 5.94. The highest BCUT2D eigenvalue weighted by Crippen LogP contribution is 2.31. The van der Waals surface area contributed by atoms with Crippen LogP contribution in [0.25, 0.3) is 5.57 Å². The van der Waals surface area contributed by atoms with Crippen LogP contribution in [0, 0.1) is 0 Å². The average molecular weight is 373 g/mol. The molecule has 142 valence electrons. The molecule has 1 aliphatic rings. The Morgan fingerprint density at radius 3 is 2.38 bits per heavy atom. The van der Waals surface area contributed by atoms with Gasteiger partial charge in [-0.15, -0.1) is 0 Å². The molecule has 1 aromatic rings. The number of nitrogens with one attached hydrogen (secondary N) is 2. The van der Waals surface area contributed by atoms with Gasteiger partial charge in [-0.05, 0) is 33.6 Å². The zero-order chi connectivity index (χ0) is 19.5. The van der Waals surface area contributed by atoms with Crippen LogP contribution in [-0.2, 0) is 4.79 Å². The monoisotopic (exact) mass is 373 g/mol. The molecule has 0 atom stereocenters. The number of hydrogen-bond donors (Lipinski definition) is 2. The quantitative estimate of drug-likeness (QED) is 0.760. The van der Waals surface area contributed by atoms with Gasteiger partial charge in [0.2, 0.25) is 11.9 Å². The van der Waals surface area contributed by atoms with Crippen molar-refractivity contribution in [2.75, 3.05) is 10.6 Å². The summed E-state index contributed by atoms with van der Waals surface area (Å²) in [6, 6.07) is -0.117. The van der Waals surface area contributed by atoms with E-state index in [1.807, 2.05) is 0 Å². The van der Waals surface area contributed by atoms with Gasteiger partial charge >= 0.3 is 6.18 Å². The number of Topliss-reactive ketones (excluding diaryl/α,β-unsaturated/α-hetero) is 1. The average Bonchev–Trinajstić information content (AvgIpc) is 2.53. The molecule has 0 saturated carbocycles. The first-order valence-corrected chi connectivity index (χ1v) is 8.07. The summed E-state index contributed by atoms with van der Waals surface area (Å²) in [5.74, 6) is -2.17. The van der Waals surface area contributed by atoms with E-state index in [9.17, 15) is 22.4 Å². The van der Waals surface area contributed by atoms with Crippen molar-refractivity contribution in [3.05, 3.63) is 23.4 Å². The van der Waals surface area contributed by atoms with Crippen molar-refractivity contribution in [2.24, 2.45) is 0 Å². The molecule has 10 heteroatoms. The summed E-state index contributed by atoms with van der Waals surface area (Å²) in [5, 5.41) is 4.94. The molecular weight excluding hydrogens is 354 g/mol. The van der Waals surface area contributed by atoms with E-state index in [0.717, 1.165) is 6.08 Å². The molecule has 1 heterocycles. The third kappa shape index (κ3) is 4.77. The molecule has 1 aromatic heterocycles. The maximum absolute atomic E-state index is 14.2. The summed E-state index contributed by atoms with van der Waals surface area (Å²) >= 11 is 0. The maximum atomic E-state index is 14.2. The molecule has 26 heavy (non-hydrogen) atoms. The Bertz CT molecular complexity index is 755. The number of aromatic nitrogens is 3. The number of ketones is 1. The number of carbonyl (C=O) groups is 1. The lowest BCUT2D eigenvalue weighted by molar-refractivity contribution is -0.117. The van der Waals surface area contributed by atoms with Crippen molar-refractivity contribution >= 4 is 23.3 Å². The number of alkyl halides is 3. The molecule has 2 N–H and O–H groups in total. The minimum absolute atomic E-state index is 0.0107. The Morgan fingerprint density at radius 1 is 1.15 bits per heavy atom. The van der Waals surface area contributed by atoms with Gasteiger partial charge in [0.05, 0.1) is 0 Å². The fourth-order valence-electron chi connectivity index (χ4n) is 2.34. The second-order valence-corrected chi connectivity index (χ2v) is 6.00. The van der Waals surface area contributed by atoms with Crippen LogP contribution >= 0.6 is 0 Å². The largest absolute Gasteiger partial charge is 0.431 e. The van der Waals surface area contributed by atoms with Crippen LogP contribution in [0.15, 0.2) is 17.6 Å². The van der Waals surface area contributed by atoms with Crippen LogP contribution in [-0.4, -0.2) is 33.0 Å². The molecule has 0 amide bonds. The van der Waals surface area contributed by atoms with Gasteiger partial charge in [-0.25, -0.2) is 4.39 Å². The summed E-state index contributed by atoms with van der Waals surface area (Å²) in [4.78, 5) is 23.4. The van der Waals surface area contributed by atoms with Gasteiger partial charge in [0.1, 0.15) is 5.70 Å². The van der Waals surface area contributed by atoms with Gasteiger partial charge in [0, 0.05) is 18.0 Å². The standard InChI is InChI=1S/C16H19F4N5O/c1-4-11(16(18,19)20)22-15-24-13(23-14(25-15)21-8(2)3)9-6-5-7-10(26)12(9)17/h4,8H,5-7H2,1-3H3,(H2,21,22,23,24,25). The smallest absolute Gasteiger partial charge is 0.352 e. The van der Waals surface area contributed by atoms with Crippen molar-refractivity contribution < 1.29 is 22.4 Å². The van der Waals surface area contributed by atoms with Crippen LogP contribution in [0.1, 0.15) is 45.9 Å². The van der Waals surface area contributed by atoms with Gasteiger partial charge < -0.3 is 10.6 Å². The van der Waals surface area contributed by atoms with Crippen molar-refractivity contribution in [2.45, 2.75) is 52.3 Å². The maximum Gasteiger partial charge on any atom is 0.431 e. The van der Waals surface area contributed by atoms with Crippen LogP contribution in [0.2, 0.25) is 0 Å². The minimum atomic E-state index is -4.63. The molecule has 0 aromatic carbocycles. The predicted octanol–water partition coefficient (Wildman–Crippen LogP) is 4.00. The molecule has 0 unspecified atom stereocenters. The first-order valence-electron chi connectivity index (χ1n) is 8.07. The van der Waals surface area contributed by atoms with E-state index in [2.05, 4.69) is 25.6 Å². The highest BCUT2D eigenvalue weighted by atomic mass is 19.4. The number of halogens is 4. The van der Waals surface area contributed by atoms with Crippen LogP contribution < -0.4 is 10.6 Å². The normalized spacial score (nSPS) is 16.3. The highest BCUT2D eigenvalue weighted by Gasteiger charge is 2.34. The lowest BCUT2D eigenvalue weighted by Crippen LogP contribution is -2.22. The Labute approximate surface area is 147 Å². The van der Waals surface area contributed by atoms with Gasteiger partial charge in [-0.3, -0.25) is 4.79 Å². The number of rotatable bonds is 5. The molecule has 1 aliphatic carbocycles. The van der Waals surface area contributed by atoms with Crippen LogP contribution in [0.4, 0.5) is 29.5 Å². The predicted molar refractivity (Wildman–Crippen MR) is 88.9 cm³/mol. The number of allylic oxidation sites excluding steroid dienone is 4. The van der Waals surface area contributed by atoms with Crippen molar-refractivity contribution in [1.29, 1.82) is 0 Å². The van der Waals surface area contributed by atoms with Crippen molar-refractivity contribution in [3.63, 3.8) is 0 Å². The number of carbonyl (C=O) groups excluding carboxylic acids is 1. The summed E-state index contributed by atoms with van der Waals surface area (Å²) in [7, 11) is 0. The second kappa shape index (κ2) is 7.79. The topological polar surface area (TPSA) is 79.8 Å². The molecule has 0 aliphatic heterocycles. The van der Waals surface area contributed by atoms with E-state index in [1.54, 1.807) is 13.8 Å². The number of nitrogens with zero attached hydrogens (tertiary/aromatic N) is 3. The Hall–Kier alpha value is -2.52. The first-order chi connectivity index (χ1) is 12.1. The van der Waals surface area contributed by atoms with E-state index < -0.39 is 23.5 Å². The molecule has 2 rings (SSSR count). The third-order valence-electron chi connectivity index (χ3n) is 3.50. The summed E-state index contributed by atoms with van der Waals surface area (Å²) in [6.07, 6.45) is -3.07. The van der Waals surface area contributed by atoms with Crippen molar-refractivity contribution in [3.8, 4) is 0 Å². The zero-order valence-electron chi connectivity index (χ0n) is 14.5. The minimum Gasteiger partial charge on any atom is -0.352 e. The highest BCUT2D eigenvalue weighted by molar-refractivity contribution is 6.01. The molecule has 0 spiro atoms. The summed E-state index contributed by atoms with van der Waals surface area (Å²) in [5.41, 5.74) is -1.08. The van der Waals surface area contributed by atoms with Crippen LogP contribution in [0.3, 0.4) is 0 Å². The van der Waals surface area contributed by atoms with Gasteiger partial charge in [0.25, 0.3) is 0 Å². The second-order valence-electron chi connectivity index (χ2n) is 6.00. The summed E-state index contributed by atoms with van der Waals surface area (Å²) < 4.78 is 53.0. The first kappa shape index (κ1) is 19.8. The Balaban J connectivity index is 2.49. The zero-order valence-corrected chi connectivity index (χ0v) is 14.5. The van der Waals surface area contributed by atoms with E-state index >= 15 is 0 Å². The van der Waals surface area contributed by atoms with Crippen LogP contribution in [0.5, 0.6) is 0 Å². The van der Waals surface area contributed by atoms with E-state index in [4.69, 9.17) is 0 Å². The molecular formula is C16H19F4N5O. The fraction of sp³-hybridized carbons (Fsp3) is 0.500. The number of hydrogen-bond acceptors (Lipinski definition) is 6. The van der Waals surface area contributed by atoms with E-state index in [-0.39, 0.29) is 42.2 Å². The SMILES string of the molecule is CC=C(Nc1nc(NC(C)C)nc(C2=C(F)C(=O)CCC2)n1)C(F)(F)F. The van der Waals surface area contributed by atoms with Gasteiger partial charge in [0.15, 0.2) is 17.4 Å². The van der Waals surface area contributed by atoms with E-state index in [0.29, 0.717) is 6.42 Å². The van der Waals surface area contributed by atoms with E-state index in [1.165, 1.54) is 6.92 Å². The fourth-order valence-corrected chi connectivity index (χ4v) is 2.34. The number of anilines is 2. The molecule has 0 bridgehead atoms.